The van der Waals surface area contributed by atoms with Crippen molar-refractivity contribution in [3.05, 3.63) is 40.3 Å². The molecule has 12 heavy (non-hydrogen) atoms. The molecule has 0 aliphatic carbocycles. The summed E-state index contributed by atoms with van der Waals surface area (Å²) in [6.45, 7) is 1.44. The van der Waals surface area contributed by atoms with Crippen molar-refractivity contribution < 1.29 is 4.79 Å². The van der Waals surface area contributed by atoms with E-state index in [2.05, 4.69) is 4.98 Å². The topological polar surface area (TPSA) is 49.9 Å². The van der Waals surface area contributed by atoms with Crippen molar-refractivity contribution in [1.82, 2.24) is 4.98 Å². The van der Waals surface area contributed by atoms with Crippen LogP contribution in [0.1, 0.15) is 12.5 Å². The number of aromatic amines is 1. The summed E-state index contributed by atoms with van der Waals surface area (Å²) < 4.78 is 0. The summed E-state index contributed by atoms with van der Waals surface area (Å²) in [5.74, 6) is -0.0711. The second-order valence-electron chi connectivity index (χ2n) is 2.40. The van der Waals surface area contributed by atoms with E-state index in [0.717, 1.165) is 0 Å². The molecule has 0 atom stereocenters. The lowest BCUT2D eigenvalue weighted by Crippen LogP contribution is -2.06. The van der Waals surface area contributed by atoms with Crippen LogP contribution in [0, 0.1) is 0 Å². The summed E-state index contributed by atoms with van der Waals surface area (Å²) in [6, 6.07) is 3.36. The van der Waals surface area contributed by atoms with Crippen LogP contribution in [0.15, 0.2) is 29.2 Å². The molecule has 62 valence electrons. The zero-order valence-electron chi connectivity index (χ0n) is 6.70. The van der Waals surface area contributed by atoms with Gasteiger partial charge in [-0.25, -0.2) is 0 Å². The fourth-order valence-electron chi connectivity index (χ4n) is 0.773. The van der Waals surface area contributed by atoms with Gasteiger partial charge in [-0.15, -0.1) is 0 Å². The molecule has 3 nitrogen and oxygen atoms in total. The summed E-state index contributed by atoms with van der Waals surface area (Å²) in [4.78, 5) is 24.0. The number of H-pyrrole nitrogens is 1. The van der Waals surface area contributed by atoms with E-state index in [1.807, 2.05) is 0 Å². The van der Waals surface area contributed by atoms with Crippen LogP contribution >= 0.6 is 0 Å². The van der Waals surface area contributed by atoms with Crippen molar-refractivity contribution in [3.63, 3.8) is 0 Å². The molecule has 1 rings (SSSR count). The van der Waals surface area contributed by atoms with Crippen LogP contribution in [-0.2, 0) is 4.79 Å². The normalized spacial score (nSPS) is 10.4. The summed E-state index contributed by atoms with van der Waals surface area (Å²) in [7, 11) is 0. The van der Waals surface area contributed by atoms with Crippen molar-refractivity contribution in [2.75, 3.05) is 0 Å². The lowest BCUT2D eigenvalue weighted by atomic mass is 10.2. The van der Waals surface area contributed by atoms with E-state index in [0.29, 0.717) is 5.56 Å². The molecule has 1 aromatic rings. The van der Waals surface area contributed by atoms with Crippen molar-refractivity contribution in [1.29, 1.82) is 0 Å². The van der Waals surface area contributed by atoms with E-state index >= 15 is 0 Å². The van der Waals surface area contributed by atoms with Gasteiger partial charge in [0.05, 0.1) is 0 Å². The highest BCUT2D eigenvalue weighted by molar-refractivity contribution is 5.91. The summed E-state index contributed by atoms with van der Waals surface area (Å²) >= 11 is 0. The SMILES string of the molecule is CC(=O)/C=C/c1ccc[nH]c1=O. The smallest absolute Gasteiger partial charge is 0.255 e. The maximum absolute atomic E-state index is 11.0. The van der Waals surface area contributed by atoms with Crippen LogP contribution in [0.3, 0.4) is 0 Å². The number of aromatic nitrogens is 1. The van der Waals surface area contributed by atoms with Gasteiger partial charge in [0.15, 0.2) is 5.78 Å². The van der Waals surface area contributed by atoms with Crippen LogP contribution < -0.4 is 5.56 Å². The first-order valence-corrected chi connectivity index (χ1v) is 3.56. The quantitative estimate of drug-likeness (QED) is 0.660. The van der Waals surface area contributed by atoms with E-state index in [-0.39, 0.29) is 11.3 Å². The number of hydrogen-bond donors (Lipinski definition) is 1. The molecule has 3 heteroatoms. The zero-order valence-corrected chi connectivity index (χ0v) is 6.70. The maximum Gasteiger partial charge on any atom is 0.255 e. The van der Waals surface area contributed by atoms with Gasteiger partial charge in [0.1, 0.15) is 0 Å². The zero-order chi connectivity index (χ0) is 8.97. The summed E-state index contributed by atoms with van der Waals surface area (Å²) in [5.41, 5.74) is 0.308. The number of rotatable bonds is 2. The molecule has 0 radical (unpaired) electrons. The van der Waals surface area contributed by atoms with Crippen LogP contribution in [-0.4, -0.2) is 10.8 Å². The molecule has 0 spiro atoms. The molecule has 1 aromatic heterocycles. The van der Waals surface area contributed by atoms with Crippen LogP contribution in [0.4, 0.5) is 0 Å². The Kier molecular flexibility index (Phi) is 2.58. The summed E-state index contributed by atoms with van der Waals surface area (Å²) in [5, 5.41) is 0. The molecule has 0 saturated carbocycles. The standard InChI is InChI=1S/C9H9NO2/c1-7(11)4-5-8-3-2-6-10-9(8)12/h2-6H,1H3,(H,10,12)/b5-4+. The molecule has 0 amide bonds. The van der Waals surface area contributed by atoms with E-state index in [4.69, 9.17) is 0 Å². The predicted octanol–water partition coefficient (Wildman–Crippen LogP) is 0.977. The third kappa shape index (κ3) is 2.20. The fraction of sp³-hybridized carbons (Fsp3) is 0.111. The lowest BCUT2D eigenvalue weighted by Gasteiger charge is -1.88. The first-order chi connectivity index (χ1) is 5.70. The molecule has 0 fully saturated rings. The second-order valence-corrected chi connectivity index (χ2v) is 2.40. The summed E-state index contributed by atoms with van der Waals surface area (Å²) in [6.07, 6.45) is 4.42. The van der Waals surface area contributed by atoms with Crippen LogP contribution in [0.2, 0.25) is 0 Å². The fourth-order valence-corrected chi connectivity index (χ4v) is 0.773. The Morgan fingerprint density at radius 1 is 1.58 bits per heavy atom. The number of pyridine rings is 1. The first-order valence-electron chi connectivity index (χ1n) is 3.56. The minimum absolute atomic E-state index is 0.0711. The van der Waals surface area contributed by atoms with Crippen molar-refractivity contribution in [3.8, 4) is 0 Å². The predicted molar refractivity (Wildman–Crippen MR) is 46.8 cm³/mol. The Bertz CT molecular complexity index is 363. The highest BCUT2D eigenvalue weighted by atomic mass is 16.1. The van der Waals surface area contributed by atoms with Gasteiger partial charge in [0, 0.05) is 11.8 Å². The van der Waals surface area contributed by atoms with E-state index in [1.54, 1.807) is 18.3 Å². The Morgan fingerprint density at radius 2 is 2.33 bits per heavy atom. The van der Waals surface area contributed by atoms with E-state index < -0.39 is 0 Å². The minimum atomic E-state index is -0.185. The Labute approximate surface area is 69.7 Å². The molecular weight excluding hydrogens is 154 g/mol. The highest BCUT2D eigenvalue weighted by Crippen LogP contribution is 1.92. The number of allylic oxidation sites excluding steroid dienone is 1. The Hall–Kier alpha value is -1.64. The molecule has 0 bridgehead atoms. The number of carbonyl (C=O) groups excluding carboxylic acids is 1. The van der Waals surface area contributed by atoms with Crippen molar-refractivity contribution in [2.24, 2.45) is 0 Å². The molecule has 0 aliphatic heterocycles. The van der Waals surface area contributed by atoms with Gasteiger partial charge in [-0.2, -0.15) is 0 Å². The maximum atomic E-state index is 11.0. The van der Waals surface area contributed by atoms with Gasteiger partial charge in [0.25, 0.3) is 5.56 Å². The molecule has 0 aliphatic rings. The average Bonchev–Trinajstić information content (AvgIpc) is 2.03. The molecule has 1 N–H and O–H groups in total. The van der Waals surface area contributed by atoms with Gasteiger partial charge in [-0.3, -0.25) is 9.59 Å². The lowest BCUT2D eigenvalue weighted by molar-refractivity contribution is -0.112. The van der Waals surface area contributed by atoms with Gasteiger partial charge < -0.3 is 4.98 Å². The number of ketones is 1. The second kappa shape index (κ2) is 3.67. The molecule has 0 saturated heterocycles. The van der Waals surface area contributed by atoms with E-state index in [1.165, 1.54) is 19.1 Å². The third-order valence-corrected chi connectivity index (χ3v) is 1.35. The minimum Gasteiger partial charge on any atom is -0.329 e. The highest BCUT2D eigenvalue weighted by Gasteiger charge is 1.91. The van der Waals surface area contributed by atoms with Crippen molar-refractivity contribution >= 4 is 11.9 Å². The first kappa shape index (κ1) is 8.46. The van der Waals surface area contributed by atoms with Gasteiger partial charge in [-0.05, 0) is 31.2 Å². The van der Waals surface area contributed by atoms with Crippen LogP contribution in [0.5, 0.6) is 0 Å². The molecule has 1 heterocycles. The van der Waals surface area contributed by atoms with Crippen molar-refractivity contribution in [2.45, 2.75) is 6.92 Å². The van der Waals surface area contributed by atoms with Gasteiger partial charge in [0.2, 0.25) is 0 Å². The number of nitrogens with one attached hydrogen (secondary N) is 1. The number of carbonyl (C=O) groups is 1. The molecule has 0 aromatic carbocycles. The molecule has 0 unspecified atom stereocenters. The monoisotopic (exact) mass is 163 g/mol. The third-order valence-electron chi connectivity index (χ3n) is 1.35. The number of hydrogen-bond acceptors (Lipinski definition) is 2. The van der Waals surface area contributed by atoms with Gasteiger partial charge >= 0.3 is 0 Å². The largest absolute Gasteiger partial charge is 0.329 e. The Balaban J connectivity index is 2.97. The Morgan fingerprint density at radius 3 is 2.92 bits per heavy atom. The van der Waals surface area contributed by atoms with Gasteiger partial charge in [-0.1, -0.05) is 0 Å². The molecular formula is C9H9NO2. The average molecular weight is 163 g/mol. The van der Waals surface area contributed by atoms with E-state index in [9.17, 15) is 9.59 Å². The van der Waals surface area contributed by atoms with Crippen LogP contribution in [0.25, 0.3) is 6.08 Å².